The molecule has 0 amide bonds. The lowest BCUT2D eigenvalue weighted by Crippen LogP contribution is -2.28. The number of ether oxygens (including phenoxy) is 2. The summed E-state index contributed by atoms with van der Waals surface area (Å²) < 4.78 is 10.5. The predicted molar refractivity (Wildman–Crippen MR) is 143 cm³/mol. The minimum Gasteiger partial charge on any atom is -0.462 e. The van der Waals surface area contributed by atoms with Crippen LogP contribution in [0.15, 0.2) is 54.6 Å². The number of alkyl halides is 1. The van der Waals surface area contributed by atoms with Gasteiger partial charge in [-0.2, -0.15) is 0 Å². The van der Waals surface area contributed by atoms with Crippen molar-refractivity contribution in [2.24, 2.45) is 0 Å². The average Bonchev–Trinajstić information content (AvgIpc) is 2.88. The van der Waals surface area contributed by atoms with Gasteiger partial charge in [0, 0.05) is 18.2 Å². The van der Waals surface area contributed by atoms with Gasteiger partial charge < -0.3 is 14.6 Å². The van der Waals surface area contributed by atoms with Crippen LogP contribution in [0.2, 0.25) is 0 Å². The van der Waals surface area contributed by atoms with Crippen LogP contribution in [0.3, 0.4) is 0 Å². The van der Waals surface area contributed by atoms with Gasteiger partial charge in [0.05, 0.1) is 6.61 Å². The maximum Gasteiger partial charge on any atom is 0.306 e. The molecule has 35 heavy (non-hydrogen) atoms. The van der Waals surface area contributed by atoms with Crippen molar-refractivity contribution in [2.45, 2.75) is 51.0 Å². The lowest BCUT2D eigenvalue weighted by molar-refractivity contribution is -0.161. The molecule has 0 bridgehead atoms. The Balaban J connectivity index is 1.30. The van der Waals surface area contributed by atoms with Crippen molar-refractivity contribution in [1.29, 1.82) is 0 Å². The van der Waals surface area contributed by atoms with Crippen LogP contribution in [0.1, 0.15) is 44.1 Å². The molecular weight excluding hydrogens is 508 g/mol. The third kappa shape index (κ3) is 6.30. The highest BCUT2D eigenvalue weighted by atomic mass is 79.9. The van der Waals surface area contributed by atoms with Crippen molar-refractivity contribution in [2.75, 3.05) is 18.5 Å². The monoisotopic (exact) mass is 538 g/mol. The third-order valence-corrected chi connectivity index (χ3v) is 6.95. The van der Waals surface area contributed by atoms with E-state index in [-0.39, 0.29) is 25.6 Å². The average molecular weight is 539 g/mol. The topological polar surface area (TPSA) is 72.8 Å². The van der Waals surface area contributed by atoms with Gasteiger partial charge in [-0.15, -0.1) is 0 Å². The van der Waals surface area contributed by atoms with Crippen molar-refractivity contribution in [3.63, 3.8) is 0 Å². The molecule has 0 spiro atoms. The minimum atomic E-state index is -0.830. The lowest BCUT2D eigenvalue weighted by Gasteiger charge is -2.16. The maximum atomic E-state index is 12.4. The fraction of sp³-hybridized carbons (Fsp3) is 0.379. The Labute approximate surface area is 213 Å². The molecule has 4 rings (SSSR count). The first kappa shape index (κ1) is 25.4. The third-order valence-electron chi connectivity index (χ3n) is 6.39. The Bertz CT molecular complexity index is 1270. The Kier molecular flexibility index (Phi) is 8.94. The second-order valence-electron chi connectivity index (χ2n) is 8.91. The number of aliphatic hydroxyl groups excluding tert-OH is 1. The van der Waals surface area contributed by atoms with Gasteiger partial charge in [0.2, 0.25) is 0 Å². The molecule has 5 nitrogen and oxygen atoms in total. The van der Waals surface area contributed by atoms with Crippen molar-refractivity contribution >= 4 is 60.2 Å². The highest BCUT2D eigenvalue weighted by Crippen LogP contribution is 2.36. The molecule has 0 fully saturated rings. The van der Waals surface area contributed by atoms with Gasteiger partial charge in [-0.1, -0.05) is 76.9 Å². The first-order chi connectivity index (χ1) is 17.1. The zero-order valence-electron chi connectivity index (χ0n) is 19.8. The van der Waals surface area contributed by atoms with E-state index < -0.39 is 12.1 Å². The second kappa shape index (κ2) is 12.3. The molecule has 0 aliphatic rings. The number of esters is 2. The fourth-order valence-electron chi connectivity index (χ4n) is 4.60. The van der Waals surface area contributed by atoms with Crippen molar-refractivity contribution < 1.29 is 24.2 Å². The number of aryl methyl sites for hydroxylation is 1. The molecule has 0 saturated carbocycles. The summed E-state index contributed by atoms with van der Waals surface area (Å²) in [6, 6.07) is 19.3. The van der Waals surface area contributed by atoms with Crippen LogP contribution in [0.25, 0.3) is 32.3 Å². The molecule has 6 heteroatoms. The van der Waals surface area contributed by atoms with Crippen molar-refractivity contribution in [3.8, 4) is 0 Å². The van der Waals surface area contributed by atoms with Crippen LogP contribution in [0.4, 0.5) is 0 Å². The Hall–Kier alpha value is -2.70. The number of aliphatic hydroxyl groups is 1. The van der Waals surface area contributed by atoms with Gasteiger partial charge in [0.15, 0.2) is 6.10 Å². The zero-order valence-corrected chi connectivity index (χ0v) is 21.4. The fourth-order valence-corrected chi connectivity index (χ4v) is 5.00. The molecule has 1 atom stereocenters. The number of hydrogen-bond donors (Lipinski definition) is 1. The van der Waals surface area contributed by atoms with Crippen LogP contribution < -0.4 is 0 Å². The molecule has 0 aliphatic carbocycles. The van der Waals surface area contributed by atoms with E-state index >= 15 is 0 Å². The number of hydrogen-bond acceptors (Lipinski definition) is 5. The zero-order chi connectivity index (χ0) is 24.6. The van der Waals surface area contributed by atoms with Crippen molar-refractivity contribution in [3.05, 3.63) is 60.2 Å². The summed E-state index contributed by atoms with van der Waals surface area (Å²) in [7, 11) is 0. The first-order valence-electron chi connectivity index (χ1n) is 12.3. The highest BCUT2D eigenvalue weighted by Gasteiger charge is 2.17. The first-order valence-corrected chi connectivity index (χ1v) is 13.4. The number of carbonyl (C=O) groups is 2. The normalized spacial score (nSPS) is 12.4. The maximum absolute atomic E-state index is 12.4. The minimum absolute atomic E-state index is 0.117. The molecule has 4 aromatic rings. The number of rotatable bonds is 13. The van der Waals surface area contributed by atoms with Gasteiger partial charge in [0.1, 0.15) is 6.61 Å². The summed E-state index contributed by atoms with van der Waals surface area (Å²) in [4.78, 5) is 24.2. The molecule has 184 valence electrons. The van der Waals surface area contributed by atoms with E-state index in [1.54, 1.807) is 0 Å². The van der Waals surface area contributed by atoms with Gasteiger partial charge in [0.25, 0.3) is 0 Å². The van der Waals surface area contributed by atoms with E-state index in [4.69, 9.17) is 9.47 Å². The molecule has 0 unspecified atom stereocenters. The van der Waals surface area contributed by atoms with E-state index in [2.05, 4.69) is 70.5 Å². The van der Waals surface area contributed by atoms with Crippen LogP contribution in [0.5, 0.6) is 0 Å². The van der Waals surface area contributed by atoms with E-state index in [1.807, 2.05) is 0 Å². The summed E-state index contributed by atoms with van der Waals surface area (Å²) in [5, 5.41) is 17.9. The van der Waals surface area contributed by atoms with Crippen LogP contribution in [0, 0.1) is 0 Å². The summed E-state index contributed by atoms with van der Waals surface area (Å²) in [5.41, 5.74) is 1.20. The molecule has 0 heterocycles. The molecular formula is C29H31BrO5. The summed E-state index contributed by atoms with van der Waals surface area (Å²) in [5.74, 6) is -0.724. The summed E-state index contributed by atoms with van der Waals surface area (Å²) >= 11 is 3.36. The summed E-state index contributed by atoms with van der Waals surface area (Å²) in [6.45, 7) is -0.494. The predicted octanol–water partition coefficient (Wildman–Crippen LogP) is 6.31. The summed E-state index contributed by atoms with van der Waals surface area (Å²) in [6.07, 6.45) is 3.84. The number of unbranched alkanes of at least 4 members (excludes halogenated alkanes) is 2. The van der Waals surface area contributed by atoms with Gasteiger partial charge in [-0.25, -0.2) is 0 Å². The van der Waals surface area contributed by atoms with E-state index in [1.165, 1.54) is 37.9 Å². The lowest BCUT2D eigenvalue weighted by atomic mass is 9.90. The largest absolute Gasteiger partial charge is 0.462 e. The van der Waals surface area contributed by atoms with Crippen LogP contribution >= 0.6 is 15.9 Å². The quantitative estimate of drug-likeness (QED) is 0.0933. The Morgan fingerprint density at radius 2 is 1.49 bits per heavy atom. The number of benzene rings is 4. The smallest absolute Gasteiger partial charge is 0.306 e. The molecule has 0 aromatic heterocycles. The standard InChI is InChI=1S/C29H31BrO5/c30-17-3-1-2-9-26(32)34-19-24(18-31)35-27(33)10-5-6-20-11-12-23-14-13-21-7-4-8-22-15-16-25(20)29(23)28(21)22/h4,7-8,11-16,24,31H,1-3,5-6,9-10,17-19H2/t24-/m0/s1. The molecule has 0 aliphatic heterocycles. The molecule has 4 aromatic carbocycles. The van der Waals surface area contributed by atoms with Gasteiger partial charge in [-0.05, 0) is 63.6 Å². The van der Waals surface area contributed by atoms with Gasteiger partial charge >= 0.3 is 11.9 Å². The van der Waals surface area contributed by atoms with Gasteiger partial charge in [-0.3, -0.25) is 9.59 Å². The Morgan fingerprint density at radius 3 is 2.23 bits per heavy atom. The number of carbonyl (C=O) groups excluding carboxylic acids is 2. The SMILES string of the molecule is O=C(CCCCCBr)OC[C@H](CO)OC(=O)CCCc1ccc2ccc3cccc4ccc1c2c34. The highest BCUT2D eigenvalue weighted by molar-refractivity contribution is 9.09. The Morgan fingerprint density at radius 1 is 0.800 bits per heavy atom. The van der Waals surface area contributed by atoms with Crippen molar-refractivity contribution in [1.82, 2.24) is 0 Å². The van der Waals surface area contributed by atoms with E-state index in [0.29, 0.717) is 12.8 Å². The molecule has 0 radical (unpaired) electrons. The van der Waals surface area contributed by atoms with E-state index in [0.717, 1.165) is 31.0 Å². The molecule has 1 N–H and O–H groups in total. The number of halogens is 1. The van der Waals surface area contributed by atoms with E-state index in [9.17, 15) is 14.7 Å². The van der Waals surface area contributed by atoms with Crippen LogP contribution in [-0.2, 0) is 25.5 Å². The van der Waals surface area contributed by atoms with Crippen LogP contribution in [-0.4, -0.2) is 41.7 Å². The second-order valence-corrected chi connectivity index (χ2v) is 9.70. The molecule has 0 saturated heterocycles.